The third-order valence-corrected chi connectivity index (χ3v) is 6.16. The van der Waals surface area contributed by atoms with Crippen molar-refractivity contribution in [2.45, 2.75) is 24.6 Å². The number of hydrogen-bond acceptors (Lipinski definition) is 8. The van der Waals surface area contributed by atoms with Crippen LogP contribution in [0.25, 0.3) is 0 Å². The molecule has 2 heterocycles. The highest BCUT2D eigenvalue weighted by atomic mass is 32.2. The van der Waals surface area contributed by atoms with Crippen LogP contribution < -0.4 is 14.2 Å². The molecular weight excluding hydrogens is 430 g/mol. The average Bonchev–Trinajstić information content (AvgIpc) is 3.28. The van der Waals surface area contributed by atoms with E-state index in [0.29, 0.717) is 42.1 Å². The van der Waals surface area contributed by atoms with Crippen molar-refractivity contribution < 1.29 is 23.4 Å². The average molecular weight is 456 g/mol. The van der Waals surface area contributed by atoms with E-state index < -0.39 is 0 Å². The van der Waals surface area contributed by atoms with Gasteiger partial charge >= 0.3 is 0 Å². The largest absolute Gasteiger partial charge is 0.497 e. The quantitative estimate of drug-likeness (QED) is 0.478. The minimum atomic E-state index is 0.0327. The molecule has 0 fully saturated rings. The van der Waals surface area contributed by atoms with E-state index in [2.05, 4.69) is 10.2 Å². The van der Waals surface area contributed by atoms with Crippen molar-refractivity contribution >= 4 is 17.7 Å². The van der Waals surface area contributed by atoms with Gasteiger partial charge in [0.25, 0.3) is 5.22 Å². The Bertz CT molecular complexity index is 1080. The Kier molecular flexibility index (Phi) is 6.84. The fourth-order valence-electron chi connectivity index (χ4n) is 3.60. The number of benzene rings is 2. The number of thioether (sulfide) groups is 1. The molecule has 168 valence electrons. The summed E-state index contributed by atoms with van der Waals surface area (Å²) in [6.07, 6.45) is 1.30. The molecule has 1 amide bonds. The van der Waals surface area contributed by atoms with Crippen LogP contribution in [0.3, 0.4) is 0 Å². The zero-order valence-corrected chi connectivity index (χ0v) is 19.1. The Hall–Kier alpha value is -3.20. The molecule has 4 rings (SSSR count). The van der Waals surface area contributed by atoms with Crippen LogP contribution in [0, 0.1) is 0 Å². The Morgan fingerprint density at radius 3 is 2.44 bits per heavy atom. The molecule has 1 aliphatic heterocycles. The third kappa shape index (κ3) is 4.99. The van der Waals surface area contributed by atoms with Crippen molar-refractivity contribution in [3.05, 3.63) is 59.0 Å². The van der Waals surface area contributed by atoms with Crippen LogP contribution in [0.5, 0.6) is 17.2 Å². The first kappa shape index (κ1) is 22.0. The molecule has 0 saturated carbocycles. The summed E-state index contributed by atoms with van der Waals surface area (Å²) in [5, 5.41) is 8.55. The van der Waals surface area contributed by atoms with Gasteiger partial charge in [-0.2, -0.15) is 0 Å². The van der Waals surface area contributed by atoms with Crippen molar-refractivity contribution in [2.75, 3.05) is 33.6 Å². The number of ether oxygens (including phenoxy) is 3. The van der Waals surface area contributed by atoms with Crippen LogP contribution in [0.15, 0.2) is 46.0 Å². The van der Waals surface area contributed by atoms with Gasteiger partial charge in [-0.05, 0) is 47.4 Å². The molecule has 0 unspecified atom stereocenters. The molecule has 0 radical (unpaired) electrons. The van der Waals surface area contributed by atoms with E-state index in [1.54, 1.807) is 21.3 Å². The molecule has 32 heavy (non-hydrogen) atoms. The molecule has 0 bridgehead atoms. The second kappa shape index (κ2) is 9.95. The monoisotopic (exact) mass is 455 g/mol. The van der Waals surface area contributed by atoms with Gasteiger partial charge in [-0.15, -0.1) is 10.2 Å². The summed E-state index contributed by atoms with van der Waals surface area (Å²) in [5.74, 6) is 2.97. The van der Waals surface area contributed by atoms with Gasteiger partial charge in [-0.3, -0.25) is 4.79 Å². The molecule has 1 aromatic heterocycles. The fourth-order valence-corrected chi connectivity index (χ4v) is 4.28. The Morgan fingerprint density at radius 1 is 1.03 bits per heavy atom. The van der Waals surface area contributed by atoms with Gasteiger partial charge in [0.2, 0.25) is 11.8 Å². The van der Waals surface area contributed by atoms with E-state index in [4.69, 9.17) is 18.6 Å². The van der Waals surface area contributed by atoms with Gasteiger partial charge in [0, 0.05) is 13.1 Å². The minimum Gasteiger partial charge on any atom is -0.497 e. The maximum absolute atomic E-state index is 12.8. The van der Waals surface area contributed by atoms with Crippen molar-refractivity contribution in [2.24, 2.45) is 0 Å². The topological polar surface area (TPSA) is 86.9 Å². The number of nitrogens with zero attached hydrogens (tertiary/aromatic N) is 3. The number of aromatic nitrogens is 2. The zero-order chi connectivity index (χ0) is 22.5. The number of carbonyl (C=O) groups is 1. The highest BCUT2D eigenvalue weighted by Gasteiger charge is 2.23. The molecule has 3 aromatic rings. The van der Waals surface area contributed by atoms with E-state index in [9.17, 15) is 4.79 Å². The number of hydrogen-bond donors (Lipinski definition) is 0. The van der Waals surface area contributed by atoms with Gasteiger partial charge in [0.1, 0.15) is 5.75 Å². The second-order valence-corrected chi connectivity index (χ2v) is 8.24. The predicted octanol–water partition coefficient (Wildman–Crippen LogP) is 3.36. The molecule has 1 aliphatic rings. The van der Waals surface area contributed by atoms with Gasteiger partial charge in [-0.25, -0.2) is 0 Å². The van der Waals surface area contributed by atoms with Crippen LogP contribution in [0.4, 0.5) is 0 Å². The van der Waals surface area contributed by atoms with Gasteiger partial charge < -0.3 is 23.5 Å². The fraction of sp³-hybridized carbons (Fsp3) is 0.348. The van der Waals surface area contributed by atoms with Gasteiger partial charge in [0.15, 0.2) is 11.5 Å². The third-order valence-electron chi connectivity index (χ3n) is 5.35. The van der Waals surface area contributed by atoms with Crippen LogP contribution in [0.2, 0.25) is 0 Å². The first-order chi connectivity index (χ1) is 15.6. The van der Waals surface area contributed by atoms with Crippen molar-refractivity contribution in [1.82, 2.24) is 15.1 Å². The number of amides is 1. The standard InChI is InChI=1S/C23H25N3O5S/c1-28-18-6-4-15(5-7-18)10-21-24-25-23(31-21)32-14-22(27)26-9-8-16-11-19(29-2)20(30-3)12-17(16)13-26/h4-7,11-12H,8-10,13-14H2,1-3H3. The summed E-state index contributed by atoms with van der Waals surface area (Å²) in [6.45, 7) is 1.20. The molecule has 9 heteroatoms. The highest BCUT2D eigenvalue weighted by molar-refractivity contribution is 7.99. The Labute approximate surface area is 190 Å². The summed E-state index contributed by atoms with van der Waals surface area (Å²) in [5.41, 5.74) is 3.30. The van der Waals surface area contributed by atoms with Crippen molar-refractivity contribution in [3.63, 3.8) is 0 Å². The maximum atomic E-state index is 12.8. The molecule has 8 nitrogen and oxygen atoms in total. The van der Waals surface area contributed by atoms with E-state index in [-0.39, 0.29) is 11.7 Å². The number of fused-ring (bicyclic) bond motifs is 1. The van der Waals surface area contributed by atoms with Crippen LogP contribution in [-0.4, -0.2) is 54.6 Å². The number of rotatable bonds is 8. The molecule has 0 N–H and O–H groups in total. The first-order valence-electron chi connectivity index (χ1n) is 10.2. The zero-order valence-electron chi connectivity index (χ0n) is 18.3. The lowest BCUT2D eigenvalue weighted by Gasteiger charge is -2.29. The van der Waals surface area contributed by atoms with Crippen LogP contribution in [0.1, 0.15) is 22.6 Å². The lowest BCUT2D eigenvalue weighted by Crippen LogP contribution is -2.37. The molecule has 0 atom stereocenters. The summed E-state index contributed by atoms with van der Waals surface area (Å²) in [7, 11) is 4.87. The van der Waals surface area contributed by atoms with E-state index in [1.807, 2.05) is 41.3 Å². The molecular formula is C23H25N3O5S. The maximum Gasteiger partial charge on any atom is 0.277 e. The van der Waals surface area contributed by atoms with E-state index in [1.165, 1.54) is 17.3 Å². The molecule has 0 saturated heterocycles. The van der Waals surface area contributed by atoms with Crippen molar-refractivity contribution in [3.8, 4) is 17.2 Å². The van der Waals surface area contributed by atoms with Gasteiger partial charge in [0.05, 0.1) is 33.5 Å². The Balaban J connectivity index is 1.32. The summed E-state index contributed by atoms with van der Waals surface area (Å²) in [4.78, 5) is 14.6. The molecule has 0 spiro atoms. The van der Waals surface area contributed by atoms with Crippen molar-refractivity contribution in [1.29, 1.82) is 0 Å². The van der Waals surface area contributed by atoms with Crippen LogP contribution in [-0.2, 0) is 24.2 Å². The van der Waals surface area contributed by atoms with Crippen LogP contribution >= 0.6 is 11.8 Å². The number of methoxy groups -OCH3 is 3. The lowest BCUT2D eigenvalue weighted by molar-refractivity contribution is -0.129. The Morgan fingerprint density at radius 2 is 1.75 bits per heavy atom. The second-order valence-electron chi connectivity index (χ2n) is 7.32. The molecule has 2 aromatic carbocycles. The normalized spacial score (nSPS) is 12.9. The highest BCUT2D eigenvalue weighted by Crippen LogP contribution is 2.33. The van der Waals surface area contributed by atoms with E-state index in [0.717, 1.165) is 23.3 Å². The smallest absolute Gasteiger partial charge is 0.277 e. The van der Waals surface area contributed by atoms with Gasteiger partial charge in [-0.1, -0.05) is 23.9 Å². The SMILES string of the molecule is COc1ccc(Cc2nnc(SCC(=O)N3CCc4cc(OC)c(OC)cc4C3)o2)cc1. The summed E-state index contributed by atoms with van der Waals surface area (Å²) >= 11 is 1.26. The summed E-state index contributed by atoms with van der Waals surface area (Å²) < 4.78 is 21.6. The summed E-state index contributed by atoms with van der Waals surface area (Å²) in [6, 6.07) is 11.6. The van der Waals surface area contributed by atoms with E-state index >= 15 is 0 Å². The molecule has 0 aliphatic carbocycles. The lowest BCUT2D eigenvalue weighted by atomic mass is 9.99. The first-order valence-corrected chi connectivity index (χ1v) is 11.2. The predicted molar refractivity (Wildman–Crippen MR) is 119 cm³/mol. The minimum absolute atomic E-state index is 0.0327. The number of carbonyl (C=O) groups excluding carboxylic acids is 1.